The van der Waals surface area contributed by atoms with Crippen molar-refractivity contribution < 1.29 is 17.6 Å². The highest BCUT2D eigenvalue weighted by Crippen LogP contribution is 2.34. The van der Waals surface area contributed by atoms with Crippen molar-refractivity contribution >= 4 is 32.9 Å². The third kappa shape index (κ3) is 2.61. The molecule has 7 heteroatoms. The zero-order valence-corrected chi connectivity index (χ0v) is 15.2. The quantitative estimate of drug-likeness (QED) is 0.420. The smallest absolute Gasteiger partial charge is 0.362 e. The van der Waals surface area contributed by atoms with Crippen molar-refractivity contribution in [1.82, 2.24) is 9.55 Å². The fourth-order valence-electron chi connectivity index (χ4n) is 3.75. The Hall–Kier alpha value is -3.61. The minimum Gasteiger partial charge on any atom is -0.402 e. The summed E-state index contributed by atoms with van der Waals surface area (Å²) in [5, 5.41) is 1.24. The SMILES string of the molecule is Cc1cc2c3c4cc(F)cnc4oc(=O)c3n(Cc3ccccc3F)c2cc1F. The maximum absolute atomic E-state index is 14.4. The number of halogens is 3. The minimum absolute atomic E-state index is 0.0178. The van der Waals surface area contributed by atoms with E-state index in [4.69, 9.17) is 4.42 Å². The molecule has 0 saturated carbocycles. The van der Waals surface area contributed by atoms with Gasteiger partial charge in [0.2, 0.25) is 5.71 Å². The molecular formula is C22H13F3N2O2. The summed E-state index contributed by atoms with van der Waals surface area (Å²) in [6.07, 6.45) is 0.959. The molecule has 29 heavy (non-hydrogen) atoms. The van der Waals surface area contributed by atoms with Gasteiger partial charge in [-0.15, -0.1) is 0 Å². The normalized spacial score (nSPS) is 11.7. The van der Waals surface area contributed by atoms with Crippen LogP contribution in [0, 0.1) is 24.4 Å². The van der Waals surface area contributed by atoms with E-state index >= 15 is 0 Å². The predicted octanol–water partition coefficient (Wildman–Crippen LogP) is 5.07. The van der Waals surface area contributed by atoms with Gasteiger partial charge in [0.1, 0.15) is 23.0 Å². The van der Waals surface area contributed by atoms with Crippen LogP contribution < -0.4 is 5.63 Å². The lowest BCUT2D eigenvalue weighted by atomic mass is 10.1. The largest absolute Gasteiger partial charge is 0.402 e. The van der Waals surface area contributed by atoms with Crippen LogP contribution in [0.1, 0.15) is 11.1 Å². The molecule has 0 aliphatic carbocycles. The summed E-state index contributed by atoms with van der Waals surface area (Å²) in [6.45, 7) is 1.58. The molecule has 4 nitrogen and oxygen atoms in total. The van der Waals surface area contributed by atoms with E-state index in [1.165, 1.54) is 22.8 Å². The summed E-state index contributed by atoms with van der Waals surface area (Å²) < 4.78 is 49.4. The molecule has 0 N–H and O–H groups in total. The number of benzene rings is 2. The highest BCUT2D eigenvalue weighted by molar-refractivity contribution is 6.18. The fraction of sp³-hybridized carbons (Fsp3) is 0.0909. The van der Waals surface area contributed by atoms with Crippen molar-refractivity contribution in [1.29, 1.82) is 0 Å². The summed E-state index contributed by atoms with van der Waals surface area (Å²) in [5.74, 6) is -1.51. The van der Waals surface area contributed by atoms with Crippen molar-refractivity contribution in [2.45, 2.75) is 13.5 Å². The van der Waals surface area contributed by atoms with Crippen LogP contribution >= 0.6 is 0 Å². The minimum atomic E-state index is -0.711. The molecule has 0 radical (unpaired) electrons. The van der Waals surface area contributed by atoms with Gasteiger partial charge in [-0.2, -0.15) is 0 Å². The molecule has 3 aromatic heterocycles. The highest BCUT2D eigenvalue weighted by Gasteiger charge is 2.21. The van der Waals surface area contributed by atoms with Crippen molar-refractivity contribution in [2.24, 2.45) is 0 Å². The Morgan fingerprint density at radius 2 is 1.83 bits per heavy atom. The van der Waals surface area contributed by atoms with Gasteiger partial charge in [-0.05, 0) is 36.8 Å². The Kier molecular flexibility index (Phi) is 3.74. The Morgan fingerprint density at radius 1 is 1.03 bits per heavy atom. The zero-order valence-electron chi connectivity index (χ0n) is 15.2. The van der Waals surface area contributed by atoms with Crippen LogP contribution in [0.5, 0.6) is 0 Å². The lowest BCUT2D eigenvalue weighted by molar-refractivity contribution is 0.547. The predicted molar refractivity (Wildman–Crippen MR) is 103 cm³/mol. The first-order chi connectivity index (χ1) is 13.9. The fourth-order valence-corrected chi connectivity index (χ4v) is 3.75. The van der Waals surface area contributed by atoms with Crippen LogP contribution in [0.3, 0.4) is 0 Å². The average molecular weight is 394 g/mol. The number of aromatic nitrogens is 2. The van der Waals surface area contributed by atoms with E-state index < -0.39 is 23.1 Å². The summed E-state index contributed by atoms with van der Waals surface area (Å²) in [6, 6.07) is 10.2. The van der Waals surface area contributed by atoms with E-state index in [1.807, 2.05) is 0 Å². The van der Waals surface area contributed by atoms with Gasteiger partial charge in [-0.1, -0.05) is 18.2 Å². The van der Waals surface area contributed by atoms with Crippen LogP contribution in [-0.4, -0.2) is 9.55 Å². The van der Waals surface area contributed by atoms with Crippen LogP contribution in [0.2, 0.25) is 0 Å². The number of pyridine rings is 1. The van der Waals surface area contributed by atoms with Gasteiger partial charge in [0.25, 0.3) is 0 Å². The maximum atomic E-state index is 14.4. The molecule has 3 heterocycles. The summed E-state index contributed by atoms with van der Waals surface area (Å²) in [7, 11) is 0. The molecule has 0 unspecified atom stereocenters. The topological polar surface area (TPSA) is 48.0 Å². The summed E-state index contributed by atoms with van der Waals surface area (Å²) in [5.41, 5.74) is 0.453. The van der Waals surface area contributed by atoms with Crippen LogP contribution in [0.25, 0.3) is 32.9 Å². The Labute approximate surface area is 161 Å². The first-order valence-corrected chi connectivity index (χ1v) is 8.88. The van der Waals surface area contributed by atoms with Crippen LogP contribution in [0.4, 0.5) is 13.2 Å². The van der Waals surface area contributed by atoms with Gasteiger partial charge in [0.15, 0.2) is 0 Å². The molecule has 0 saturated heterocycles. The van der Waals surface area contributed by atoms with Gasteiger partial charge >= 0.3 is 5.63 Å². The van der Waals surface area contributed by atoms with Gasteiger partial charge in [-0.3, -0.25) is 0 Å². The van der Waals surface area contributed by atoms with E-state index in [0.29, 0.717) is 32.8 Å². The van der Waals surface area contributed by atoms with Crippen molar-refractivity contribution in [2.75, 3.05) is 0 Å². The molecule has 0 atom stereocenters. The van der Waals surface area contributed by atoms with Crippen molar-refractivity contribution in [3.63, 3.8) is 0 Å². The van der Waals surface area contributed by atoms with Gasteiger partial charge in [-0.25, -0.2) is 22.9 Å². The van der Waals surface area contributed by atoms with E-state index in [2.05, 4.69) is 4.98 Å². The van der Waals surface area contributed by atoms with Gasteiger partial charge in [0.05, 0.1) is 23.6 Å². The highest BCUT2D eigenvalue weighted by atomic mass is 19.1. The number of nitrogens with zero attached hydrogens (tertiary/aromatic N) is 2. The third-order valence-electron chi connectivity index (χ3n) is 5.10. The number of fused-ring (bicyclic) bond motifs is 5. The number of aryl methyl sites for hydroxylation is 1. The molecule has 0 fully saturated rings. The molecule has 0 bridgehead atoms. The zero-order chi connectivity index (χ0) is 20.3. The Bertz CT molecular complexity index is 1500. The lowest BCUT2D eigenvalue weighted by Crippen LogP contribution is -2.09. The monoisotopic (exact) mass is 394 g/mol. The van der Waals surface area contributed by atoms with Crippen LogP contribution in [-0.2, 0) is 6.54 Å². The van der Waals surface area contributed by atoms with E-state index in [1.54, 1.807) is 31.2 Å². The summed E-state index contributed by atoms with van der Waals surface area (Å²) in [4.78, 5) is 16.7. The Balaban J connectivity index is 1.99. The molecule has 2 aromatic carbocycles. The van der Waals surface area contributed by atoms with E-state index in [0.717, 1.165) is 6.20 Å². The standard InChI is InChI=1S/C22H13F3N2O2/c1-11-6-14-18(8-17(11)25)27(10-12-4-2-3-5-16(12)24)20-19(14)15-7-13(23)9-26-21(15)29-22(20)28/h2-9H,10H2,1H3. The maximum Gasteiger partial charge on any atom is 0.362 e. The first kappa shape index (κ1) is 17.5. The first-order valence-electron chi connectivity index (χ1n) is 8.88. The summed E-state index contributed by atoms with van der Waals surface area (Å²) >= 11 is 0. The molecule has 0 aliphatic rings. The number of hydrogen-bond acceptors (Lipinski definition) is 3. The van der Waals surface area contributed by atoms with Crippen molar-refractivity contribution in [3.05, 3.63) is 87.7 Å². The molecular weight excluding hydrogens is 381 g/mol. The van der Waals surface area contributed by atoms with Gasteiger partial charge < -0.3 is 8.98 Å². The molecule has 144 valence electrons. The second-order valence-corrected chi connectivity index (χ2v) is 6.92. The third-order valence-corrected chi connectivity index (χ3v) is 5.10. The second-order valence-electron chi connectivity index (χ2n) is 6.92. The van der Waals surface area contributed by atoms with Gasteiger partial charge in [0, 0.05) is 16.3 Å². The van der Waals surface area contributed by atoms with E-state index in [9.17, 15) is 18.0 Å². The van der Waals surface area contributed by atoms with Crippen molar-refractivity contribution in [3.8, 4) is 0 Å². The molecule has 0 spiro atoms. The molecule has 5 aromatic rings. The molecule has 0 aliphatic heterocycles. The number of rotatable bonds is 2. The molecule has 0 amide bonds. The average Bonchev–Trinajstić information content (AvgIpc) is 2.99. The Morgan fingerprint density at radius 3 is 2.62 bits per heavy atom. The van der Waals surface area contributed by atoms with Crippen LogP contribution in [0.15, 0.2) is 57.9 Å². The molecule has 5 rings (SSSR count). The lowest BCUT2D eigenvalue weighted by Gasteiger charge is -2.08. The number of hydrogen-bond donors (Lipinski definition) is 0. The second kappa shape index (κ2) is 6.20. The van der Waals surface area contributed by atoms with E-state index in [-0.39, 0.29) is 17.8 Å².